The first-order chi connectivity index (χ1) is 15.0. The number of aromatic carboxylic acids is 1. The molecule has 7 heteroatoms. The van der Waals surface area contributed by atoms with Crippen LogP contribution < -0.4 is 10.1 Å². The molecule has 0 saturated carbocycles. The first kappa shape index (κ1) is 22.3. The summed E-state index contributed by atoms with van der Waals surface area (Å²) in [6.07, 6.45) is 5.94. The average molecular weight is 422 g/mol. The van der Waals surface area contributed by atoms with E-state index < -0.39 is 18.1 Å². The van der Waals surface area contributed by atoms with E-state index in [0.29, 0.717) is 30.8 Å². The fraction of sp³-hybridized carbons (Fsp3) is 0.333. The van der Waals surface area contributed by atoms with E-state index in [1.54, 1.807) is 48.5 Å². The Hall–Kier alpha value is -3.34. The summed E-state index contributed by atoms with van der Waals surface area (Å²) in [5.74, 6) is 1.76. The zero-order chi connectivity index (χ0) is 22.2. The van der Waals surface area contributed by atoms with Crippen molar-refractivity contribution in [2.24, 2.45) is 0 Å². The summed E-state index contributed by atoms with van der Waals surface area (Å²) in [6, 6.07) is 13.0. The molecule has 1 heterocycles. The maximum absolute atomic E-state index is 12.7. The molecule has 2 unspecified atom stereocenters. The summed E-state index contributed by atoms with van der Waals surface area (Å²) in [5.41, 5.74) is 1.70. The van der Waals surface area contributed by atoms with Gasteiger partial charge in [0.25, 0.3) is 5.91 Å². The molecule has 3 rings (SSSR count). The van der Waals surface area contributed by atoms with E-state index >= 15 is 0 Å². The van der Waals surface area contributed by atoms with E-state index in [9.17, 15) is 14.7 Å². The van der Waals surface area contributed by atoms with Crippen molar-refractivity contribution < 1.29 is 24.5 Å². The van der Waals surface area contributed by atoms with Crippen LogP contribution in [-0.4, -0.2) is 58.8 Å². The van der Waals surface area contributed by atoms with E-state index in [1.807, 2.05) is 0 Å². The predicted molar refractivity (Wildman–Crippen MR) is 116 cm³/mol. The van der Waals surface area contributed by atoms with Crippen LogP contribution in [0.3, 0.4) is 0 Å². The molecule has 0 aliphatic carbocycles. The van der Waals surface area contributed by atoms with Gasteiger partial charge in [-0.15, -0.1) is 6.42 Å². The first-order valence-corrected chi connectivity index (χ1v) is 10.2. The summed E-state index contributed by atoms with van der Waals surface area (Å²) in [7, 11) is 0. The van der Waals surface area contributed by atoms with Gasteiger partial charge in [0.2, 0.25) is 0 Å². The van der Waals surface area contributed by atoms with Crippen LogP contribution in [0.15, 0.2) is 48.5 Å². The van der Waals surface area contributed by atoms with Gasteiger partial charge in [-0.05, 0) is 61.3 Å². The SMILES string of the molecule is C#CCOc1ccc(C(=O)NC2CN(Cc3ccc(C(=O)O)cc3)CCCC2O)cc1. The first-order valence-electron chi connectivity index (χ1n) is 10.2. The Morgan fingerprint density at radius 2 is 1.81 bits per heavy atom. The highest BCUT2D eigenvalue weighted by molar-refractivity contribution is 5.94. The molecule has 162 valence electrons. The van der Waals surface area contributed by atoms with E-state index in [-0.39, 0.29) is 18.1 Å². The molecule has 1 saturated heterocycles. The van der Waals surface area contributed by atoms with Crippen LogP contribution in [0.1, 0.15) is 39.1 Å². The number of carboxylic acid groups (broad SMARTS) is 1. The van der Waals surface area contributed by atoms with Gasteiger partial charge in [-0.25, -0.2) is 4.79 Å². The number of likely N-dealkylation sites (tertiary alicyclic amines) is 1. The Balaban J connectivity index is 1.62. The molecule has 1 aliphatic heterocycles. The van der Waals surface area contributed by atoms with Gasteiger partial charge in [0.1, 0.15) is 12.4 Å². The Labute approximate surface area is 181 Å². The quantitative estimate of drug-likeness (QED) is 0.592. The molecule has 2 aromatic rings. The third kappa shape index (κ3) is 6.32. The standard InChI is InChI=1S/C24H26N2O5/c1-2-14-31-20-11-9-18(10-12-20)23(28)25-21-16-26(13-3-4-22(21)27)15-17-5-7-19(8-6-17)24(29)30/h1,5-12,21-22,27H,3-4,13-16H2,(H,25,28)(H,29,30). The average Bonchev–Trinajstić information content (AvgIpc) is 2.94. The van der Waals surface area contributed by atoms with Crippen LogP contribution in [0.25, 0.3) is 0 Å². The molecular weight excluding hydrogens is 396 g/mol. The highest BCUT2D eigenvalue weighted by atomic mass is 16.5. The number of nitrogens with one attached hydrogen (secondary N) is 1. The van der Waals surface area contributed by atoms with Crippen LogP contribution in [0, 0.1) is 12.3 Å². The molecule has 1 amide bonds. The number of hydrogen-bond donors (Lipinski definition) is 3. The van der Waals surface area contributed by atoms with Crippen LogP contribution in [0.4, 0.5) is 0 Å². The Morgan fingerprint density at radius 1 is 1.13 bits per heavy atom. The van der Waals surface area contributed by atoms with Crippen LogP contribution in [-0.2, 0) is 6.54 Å². The number of aliphatic hydroxyl groups is 1. The number of nitrogens with zero attached hydrogens (tertiary/aromatic N) is 1. The predicted octanol–water partition coefficient (Wildman–Crippen LogP) is 2.15. The van der Waals surface area contributed by atoms with Crippen molar-refractivity contribution in [3.63, 3.8) is 0 Å². The van der Waals surface area contributed by atoms with E-state index in [1.165, 1.54) is 0 Å². The molecule has 2 atom stereocenters. The Morgan fingerprint density at radius 3 is 2.45 bits per heavy atom. The van der Waals surface area contributed by atoms with Crippen molar-refractivity contribution in [2.75, 3.05) is 19.7 Å². The van der Waals surface area contributed by atoms with Crippen molar-refractivity contribution in [2.45, 2.75) is 31.5 Å². The van der Waals surface area contributed by atoms with Gasteiger partial charge in [0.05, 0.1) is 17.7 Å². The number of carbonyl (C=O) groups is 2. The van der Waals surface area contributed by atoms with E-state index in [4.69, 9.17) is 16.3 Å². The number of amides is 1. The number of aliphatic hydroxyl groups excluding tert-OH is 1. The lowest BCUT2D eigenvalue weighted by molar-refractivity contribution is 0.0696. The minimum Gasteiger partial charge on any atom is -0.481 e. The second-order valence-electron chi connectivity index (χ2n) is 7.54. The summed E-state index contributed by atoms with van der Waals surface area (Å²) in [5, 5.41) is 22.5. The molecule has 31 heavy (non-hydrogen) atoms. The summed E-state index contributed by atoms with van der Waals surface area (Å²) in [6.45, 7) is 2.05. The molecule has 1 fully saturated rings. The smallest absolute Gasteiger partial charge is 0.335 e. The molecule has 0 aromatic heterocycles. The molecule has 1 aliphatic rings. The van der Waals surface area contributed by atoms with Crippen molar-refractivity contribution >= 4 is 11.9 Å². The van der Waals surface area contributed by atoms with Crippen molar-refractivity contribution in [1.82, 2.24) is 10.2 Å². The summed E-state index contributed by atoms with van der Waals surface area (Å²) < 4.78 is 5.32. The molecule has 2 aromatic carbocycles. The zero-order valence-electron chi connectivity index (χ0n) is 17.2. The number of terminal acetylenes is 1. The van der Waals surface area contributed by atoms with Crippen LogP contribution in [0.5, 0.6) is 5.75 Å². The lowest BCUT2D eigenvalue weighted by Gasteiger charge is -2.27. The number of carbonyl (C=O) groups excluding carboxylic acids is 1. The third-order valence-electron chi connectivity index (χ3n) is 5.26. The van der Waals surface area contributed by atoms with Gasteiger partial charge in [0.15, 0.2) is 0 Å². The molecule has 3 N–H and O–H groups in total. The summed E-state index contributed by atoms with van der Waals surface area (Å²) in [4.78, 5) is 25.9. The molecular formula is C24H26N2O5. The van der Waals surface area contributed by atoms with Gasteiger partial charge < -0.3 is 20.3 Å². The van der Waals surface area contributed by atoms with Crippen molar-refractivity contribution in [3.8, 4) is 18.1 Å². The number of ether oxygens (including phenoxy) is 1. The largest absolute Gasteiger partial charge is 0.481 e. The number of hydrogen-bond acceptors (Lipinski definition) is 5. The highest BCUT2D eigenvalue weighted by Gasteiger charge is 2.27. The fourth-order valence-corrected chi connectivity index (χ4v) is 3.59. The summed E-state index contributed by atoms with van der Waals surface area (Å²) >= 11 is 0. The van der Waals surface area contributed by atoms with Gasteiger partial charge in [0, 0.05) is 18.7 Å². The third-order valence-corrected chi connectivity index (χ3v) is 5.26. The minimum atomic E-state index is -0.956. The maximum Gasteiger partial charge on any atom is 0.335 e. The number of carboxylic acids is 1. The highest BCUT2D eigenvalue weighted by Crippen LogP contribution is 2.17. The van der Waals surface area contributed by atoms with Gasteiger partial charge in [-0.3, -0.25) is 9.69 Å². The molecule has 0 spiro atoms. The monoisotopic (exact) mass is 422 g/mol. The second kappa shape index (κ2) is 10.6. The van der Waals surface area contributed by atoms with Crippen molar-refractivity contribution in [1.29, 1.82) is 0 Å². The van der Waals surface area contributed by atoms with Crippen molar-refractivity contribution in [3.05, 3.63) is 65.2 Å². The maximum atomic E-state index is 12.7. The minimum absolute atomic E-state index is 0.161. The number of benzene rings is 2. The molecule has 7 nitrogen and oxygen atoms in total. The van der Waals surface area contributed by atoms with Crippen LogP contribution >= 0.6 is 0 Å². The Kier molecular flexibility index (Phi) is 7.65. The number of rotatable bonds is 7. The van der Waals surface area contributed by atoms with Gasteiger partial charge in [-0.1, -0.05) is 18.1 Å². The van der Waals surface area contributed by atoms with E-state index in [2.05, 4.69) is 16.1 Å². The normalized spacial score (nSPS) is 19.1. The lowest BCUT2D eigenvalue weighted by atomic mass is 10.1. The Bertz CT molecular complexity index is 934. The topological polar surface area (TPSA) is 99.1 Å². The molecule has 0 bridgehead atoms. The fourth-order valence-electron chi connectivity index (χ4n) is 3.59. The van der Waals surface area contributed by atoms with E-state index in [0.717, 1.165) is 18.5 Å². The van der Waals surface area contributed by atoms with Crippen LogP contribution in [0.2, 0.25) is 0 Å². The van der Waals surface area contributed by atoms with Gasteiger partial charge in [-0.2, -0.15) is 0 Å². The lowest BCUT2D eigenvalue weighted by Crippen LogP contribution is -2.48. The second-order valence-corrected chi connectivity index (χ2v) is 7.54. The molecule has 0 radical (unpaired) electrons. The van der Waals surface area contributed by atoms with Gasteiger partial charge >= 0.3 is 5.97 Å². The zero-order valence-corrected chi connectivity index (χ0v) is 17.2.